The van der Waals surface area contributed by atoms with Crippen LogP contribution in [0.25, 0.3) is 5.69 Å². The number of carbonyl (C=O) groups is 1. The minimum atomic E-state index is -1.10. The van der Waals surface area contributed by atoms with Crippen LogP contribution in [0.15, 0.2) is 57.8 Å². The van der Waals surface area contributed by atoms with Crippen LogP contribution in [-0.2, 0) is 6.54 Å². The lowest BCUT2D eigenvalue weighted by molar-refractivity contribution is 0.0957. The average molecular weight is 415 g/mol. The minimum Gasteiger partial charge on any atom is -0.354 e. The first-order valence-corrected chi connectivity index (χ1v) is 9.03. The van der Waals surface area contributed by atoms with E-state index in [1.54, 1.807) is 19.5 Å². The number of benzene rings is 1. The van der Waals surface area contributed by atoms with Crippen molar-refractivity contribution < 1.29 is 9.18 Å². The van der Waals surface area contributed by atoms with Crippen molar-refractivity contribution in [3.05, 3.63) is 69.8 Å². The minimum absolute atomic E-state index is 0.248. The number of allylic oxidation sites excluding steroid dienone is 4. The number of aliphatic imine (C=N–C) groups is 1. The van der Waals surface area contributed by atoms with Crippen LogP contribution < -0.4 is 5.32 Å². The Hall–Kier alpha value is -2.54. The lowest BCUT2D eigenvalue weighted by Gasteiger charge is -2.18. The number of alkyl halides is 1. The van der Waals surface area contributed by atoms with E-state index >= 15 is 0 Å². The molecular weight excluding hydrogens is 399 g/mol. The Labute approximate surface area is 158 Å². The van der Waals surface area contributed by atoms with Crippen molar-refractivity contribution in [1.29, 1.82) is 0 Å². The summed E-state index contributed by atoms with van der Waals surface area (Å²) in [7, 11) is 1.57. The van der Waals surface area contributed by atoms with Gasteiger partial charge < -0.3 is 5.32 Å². The molecule has 0 saturated carbocycles. The summed E-state index contributed by atoms with van der Waals surface area (Å²) >= 11 is 3.49. The lowest BCUT2D eigenvalue weighted by Crippen LogP contribution is -2.20. The summed E-state index contributed by atoms with van der Waals surface area (Å²) in [5.74, 6) is -0.265. The molecule has 1 atom stereocenters. The summed E-state index contributed by atoms with van der Waals surface area (Å²) in [4.78, 5) is 21.1. The van der Waals surface area contributed by atoms with E-state index in [2.05, 4.69) is 31.2 Å². The number of fused-ring (bicyclic) bond motifs is 3. The second kappa shape index (κ2) is 6.64. The van der Waals surface area contributed by atoms with E-state index in [9.17, 15) is 9.18 Å². The Kier molecular flexibility index (Phi) is 4.32. The molecule has 0 radical (unpaired) electrons. The molecule has 1 amide bonds. The molecule has 0 fully saturated rings. The quantitative estimate of drug-likeness (QED) is 0.816. The molecule has 0 saturated heterocycles. The van der Waals surface area contributed by atoms with E-state index in [1.807, 2.05) is 34.9 Å². The monoisotopic (exact) mass is 414 g/mol. The van der Waals surface area contributed by atoms with Gasteiger partial charge in [0.05, 0.1) is 23.6 Å². The van der Waals surface area contributed by atoms with Crippen LogP contribution in [0.1, 0.15) is 28.2 Å². The lowest BCUT2D eigenvalue weighted by atomic mass is 9.93. The fraction of sp³-hybridized carbons (Fsp3) is 0.211. The van der Waals surface area contributed by atoms with Crippen LogP contribution in [0.4, 0.5) is 4.39 Å². The van der Waals surface area contributed by atoms with E-state index in [1.165, 1.54) is 0 Å². The highest BCUT2D eigenvalue weighted by atomic mass is 79.9. The Morgan fingerprint density at radius 3 is 3.04 bits per heavy atom. The second-order valence-electron chi connectivity index (χ2n) is 6.07. The summed E-state index contributed by atoms with van der Waals surface area (Å²) in [6, 6.07) is 5.76. The van der Waals surface area contributed by atoms with Crippen LogP contribution in [0.5, 0.6) is 0 Å². The highest BCUT2D eigenvalue weighted by Crippen LogP contribution is 2.31. The van der Waals surface area contributed by atoms with Gasteiger partial charge in [-0.25, -0.2) is 9.37 Å². The van der Waals surface area contributed by atoms with E-state index in [-0.39, 0.29) is 12.5 Å². The second-order valence-corrected chi connectivity index (χ2v) is 6.98. The zero-order valence-electron chi connectivity index (χ0n) is 14.0. The topological polar surface area (TPSA) is 59.3 Å². The van der Waals surface area contributed by atoms with E-state index in [0.29, 0.717) is 29.1 Å². The third kappa shape index (κ3) is 2.72. The van der Waals surface area contributed by atoms with Gasteiger partial charge in [0.15, 0.2) is 5.69 Å². The maximum absolute atomic E-state index is 14.6. The molecule has 4 rings (SSSR count). The van der Waals surface area contributed by atoms with Gasteiger partial charge in [-0.05, 0) is 18.2 Å². The van der Waals surface area contributed by atoms with E-state index in [4.69, 9.17) is 0 Å². The Bertz CT molecular complexity index is 989. The smallest absolute Gasteiger partial charge is 0.271 e. The molecule has 0 bridgehead atoms. The molecule has 0 spiro atoms. The molecule has 1 aromatic carbocycles. The molecule has 1 N–H and O–H groups in total. The predicted molar refractivity (Wildman–Crippen MR) is 102 cm³/mol. The van der Waals surface area contributed by atoms with E-state index < -0.39 is 6.17 Å². The highest BCUT2D eigenvalue weighted by Gasteiger charge is 2.27. The van der Waals surface area contributed by atoms with Gasteiger partial charge in [0.1, 0.15) is 12.5 Å². The van der Waals surface area contributed by atoms with Crippen molar-refractivity contribution in [2.75, 3.05) is 7.05 Å². The number of halogens is 2. The van der Waals surface area contributed by atoms with Crippen molar-refractivity contribution in [2.24, 2.45) is 4.99 Å². The first-order valence-electron chi connectivity index (χ1n) is 8.24. The van der Waals surface area contributed by atoms with Crippen LogP contribution in [-0.4, -0.2) is 34.4 Å². The van der Waals surface area contributed by atoms with Gasteiger partial charge in [0, 0.05) is 29.1 Å². The van der Waals surface area contributed by atoms with Gasteiger partial charge in [-0.1, -0.05) is 34.2 Å². The van der Waals surface area contributed by atoms with Gasteiger partial charge in [-0.2, -0.15) is 0 Å². The van der Waals surface area contributed by atoms with Crippen LogP contribution in [0, 0.1) is 0 Å². The van der Waals surface area contributed by atoms with Crippen molar-refractivity contribution in [2.45, 2.75) is 19.1 Å². The zero-order chi connectivity index (χ0) is 18.3. The average Bonchev–Trinajstić information content (AvgIpc) is 3.00. The molecule has 1 unspecified atom stereocenters. The summed E-state index contributed by atoms with van der Waals surface area (Å²) in [6.45, 7) is 0.248. The van der Waals surface area contributed by atoms with Crippen LogP contribution in [0.2, 0.25) is 0 Å². The van der Waals surface area contributed by atoms with Gasteiger partial charge in [-0.15, -0.1) is 0 Å². The molecule has 2 aliphatic rings. The molecule has 1 aromatic heterocycles. The summed E-state index contributed by atoms with van der Waals surface area (Å²) < 4.78 is 17.3. The van der Waals surface area contributed by atoms with Gasteiger partial charge in [0.25, 0.3) is 5.91 Å². The van der Waals surface area contributed by atoms with Crippen molar-refractivity contribution in [3.63, 3.8) is 0 Å². The predicted octanol–water partition coefficient (Wildman–Crippen LogP) is 3.52. The van der Waals surface area contributed by atoms with Crippen molar-refractivity contribution >= 4 is 27.5 Å². The third-order valence-corrected chi connectivity index (χ3v) is 5.03. The normalized spacial score (nSPS) is 18.3. The zero-order valence-corrected chi connectivity index (χ0v) is 15.6. The maximum atomic E-state index is 14.6. The molecule has 26 heavy (non-hydrogen) atoms. The van der Waals surface area contributed by atoms with Gasteiger partial charge in [0.2, 0.25) is 0 Å². The largest absolute Gasteiger partial charge is 0.354 e. The molecule has 1 aliphatic carbocycles. The molecule has 7 heteroatoms. The highest BCUT2D eigenvalue weighted by molar-refractivity contribution is 9.10. The molecule has 1 aliphatic heterocycles. The fourth-order valence-electron chi connectivity index (χ4n) is 3.26. The summed E-state index contributed by atoms with van der Waals surface area (Å²) in [5, 5.41) is 2.60. The fourth-order valence-corrected chi connectivity index (χ4v) is 3.62. The van der Waals surface area contributed by atoms with Crippen LogP contribution in [0.3, 0.4) is 0 Å². The number of imidazole rings is 1. The number of hydrogen-bond donors (Lipinski definition) is 1. The Morgan fingerprint density at radius 1 is 1.42 bits per heavy atom. The van der Waals surface area contributed by atoms with Gasteiger partial charge >= 0.3 is 0 Å². The van der Waals surface area contributed by atoms with Gasteiger partial charge in [-0.3, -0.25) is 14.4 Å². The SMILES string of the molecule is CNC(=O)c1ncn2c1CN=C(C1=CC=CCC1F)c1cc(Br)ccc1-2. The number of carbonyl (C=O) groups excluding carboxylic acids is 1. The van der Waals surface area contributed by atoms with E-state index in [0.717, 1.165) is 15.7 Å². The van der Waals surface area contributed by atoms with Crippen molar-refractivity contribution in [3.8, 4) is 5.69 Å². The molecule has 5 nitrogen and oxygen atoms in total. The van der Waals surface area contributed by atoms with Crippen LogP contribution >= 0.6 is 15.9 Å². The number of aromatic nitrogens is 2. The third-order valence-electron chi connectivity index (χ3n) is 4.53. The number of nitrogens with zero attached hydrogens (tertiary/aromatic N) is 3. The summed E-state index contributed by atoms with van der Waals surface area (Å²) in [6.07, 6.45) is 6.30. The molecule has 132 valence electrons. The number of amides is 1. The maximum Gasteiger partial charge on any atom is 0.271 e. The number of rotatable bonds is 2. The number of hydrogen-bond acceptors (Lipinski definition) is 3. The number of nitrogens with one attached hydrogen (secondary N) is 1. The van der Waals surface area contributed by atoms with Crippen molar-refractivity contribution in [1.82, 2.24) is 14.9 Å². The Balaban J connectivity index is 1.94. The first kappa shape index (κ1) is 16.9. The molecule has 2 aromatic rings. The summed E-state index contributed by atoms with van der Waals surface area (Å²) in [5.41, 5.74) is 3.83. The molecule has 2 heterocycles. The standard InChI is InChI=1S/C19H16BrFN4O/c1-22-19(26)18-16-9-23-17(12-4-2-3-5-14(12)21)13-8-11(20)6-7-15(13)25(16)10-24-18/h2-4,6-8,10,14H,5,9H2,1H3,(H,22,26). The first-order chi connectivity index (χ1) is 12.6. The Morgan fingerprint density at radius 2 is 2.27 bits per heavy atom. The molecular formula is C19H16BrFN4O.